The molecule has 10 nitrogen and oxygen atoms in total. The van der Waals surface area contributed by atoms with Crippen LogP contribution in [0.5, 0.6) is 5.75 Å². The van der Waals surface area contributed by atoms with Gasteiger partial charge in [0.25, 0.3) is 0 Å². The van der Waals surface area contributed by atoms with Crippen LogP contribution in [0.2, 0.25) is 0 Å². The van der Waals surface area contributed by atoms with Crippen molar-refractivity contribution >= 4 is 33.7 Å². The first-order chi connectivity index (χ1) is 19.1. The molecule has 1 heterocycles. The van der Waals surface area contributed by atoms with E-state index in [9.17, 15) is 32.3 Å². The molecule has 0 fully saturated rings. The van der Waals surface area contributed by atoms with Gasteiger partial charge in [-0.1, -0.05) is 12.1 Å². The quantitative estimate of drug-likeness (QED) is 0.308. The summed E-state index contributed by atoms with van der Waals surface area (Å²) in [5.74, 6) is -2.64. The summed E-state index contributed by atoms with van der Waals surface area (Å²) in [5.41, 5.74) is 1.21. The third-order valence-electron chi connectivity index (χ3n) is 6.28. The molecule has 3 aromatic rings. The van der Waals surface area contributed by atoms with Crippen molar-refractivity contribution in [1.82, 2.24) is 4.31 Å². The molecule has 1 unspecified atom stereocenters. The van der Waals surface area contributed by atoms with Crippen LogP contribution in [0.25, 0.3) is 0 Å². The summed E-state index contributed by atoms with van der Waals surface area (Å²) in [6, 6.07) is 12.5. The third kappa shape index (κ3) is 6.90. The van der Waals surface area contributed by atoms with Gasteiger partial charge in [0.05, 0.1) is 10.5 Å². The van der Waals surface area contributed by atoms with Crippen LogP contribution in [-0.4, -0.2) is 47.5 Å². The van der Waals surface area contributed by atoms with Crippen LogP contribution in [0.4, 0.5) is 14.9 Å². The smallest absolute Gasteiger partial charge is 0.412 e. The van der Waals surface area contributed by atoms with Crippen LogP contribution in [0.15, 0.2) is 65.6 Å². The van der Waals surface area contributed by atoms with Crippen LogP contribution in [0.1, 0.15) is 47.8 Å². The Balaban J connectivity index is 1.52. The van der Waals surface area contributed by atoms with Gasteiger partial charge in [-0.25, -0.2) is 22.4 Å². The SMILES string of the molecule is Cc1ccc(S(=O)(=O)N2Cc3cc(OC(=O)c4ccc(NC(=O)OC(C)(C)C)cc4)ccc3CC2C(=O)O)cc1F. The maximum Gasteiger partial charge on any atom is 0.412 e. The van der Waals surface area contributed by atoms with Gasteiger partial charge in [0.2, 0.25) is 10.0 Å². The average molecular weight is 585 g/mol. The number of carboxylic acid groups (broad SMARTS) is 1. The van der Waals surface area contributed by atoms with Crippen molar-refractivity contribution in [2.24, 2.45) is 0 Å². The first-order valence-corrected chi connectivity index (χ1v) is 14.0. The number of nitrogens with zero attached hydrogens (tertiary/aromatic N) is 1. The highest BCUT2D eigenvalue weighted by Gasteiger charge is 2.40. The van der Waals surface area contributed by atoms with Crippen LogP contribution < -0.4 is 10.1 Å². The van der Waals surface area contributed by atoms with Crippen molar-refractivity contribution in [3.05, 3.63) is 88.7 Å². The number of carbonyl (C=O) groups excluding carboxylic acids is 2. The van der Waals surface area contributed by atoms with Gasteiger partial charge < -0.3 is 14.6 Å². The minimum absolute atomic E-state index is 0.122. The Kier molecular flexibility index (Phi) is 8.18. The molecule has 0 radical (unpaired) electrons. The van der Waals surface area contributed by atoms with E-state index in [4.69, 9.17) is 9.47 Å². The topological polar surface area (TPSA) is 139 Å². The normalized spacial score (nSPS) is 15.5. The molecule has 0 aromatic heterocycles. The number of hydrogen-bond acceptors (Lipinski definition) is 7. The number of carbonyl (C=O) groups is 3. The summed E-state index contributed by atoms with van der Waals surface area (Å²) in [4.78, 5) is 36.3. The van der Waals surface area contributed by atoms with Crippen molar-refractivity contribution in [3.8, 4) is 5.75 Å². The number of fused-ring (bicyclic) bond motifs is 1. The number of aryl methyl sites for hydroxylation is 1. The zero-order chi connectivity index (χ0) is 30.1. The molecule has 1 atom stereocenters. The minimum Gasteiger partial charge on any atom is -0.480 e. The maximum absolute atomic E-state index is 14.2. The predicted octanol–water partition coefficient (Wildman–Crippen LogP) is 4.90. The summed E-state index contributed by atoms with van der Waals surface area (Å²) in [7, 11) is -4.37. The van der Waals surface area contributed by atoms with Gasteiger partial charge in [-0.05, 0) is 92.9 Å². The van der Waals surface area contributed by atoms with E-state index < -0.39 is 45.5 Å². The molecule has 2 N–H and O–H groups in total. The lowest BCUT2D eigenvalue weighted by Gasteiger charge is -2.33. The van der Waals surface area contributed by atoms with E-state index in [1.807, 2.05) is 0 Å². The molecule has 4 rings (SSSR count). The van der Waals surface area contributed by atoms with Gasteiger partial charge in [0, 0.05) is 18.7 Å². The van der Waals surface area contributed by atoms with Crippen molar-refractivity contribution in [1.29, 1.82) is 0 Å². The second-order valence-electron chi connectivity index (χ2n) is 10.5. The number of carboxylic acids is 1. The van der Waals surface area contributed by atoms with Gasteiger partial charge in [-0.3, -0.25) is 10.1 Å². The molecule has 0 aliphatic carbocycles. The highest BCUT2D eigenvalue weighted by atomic mass is 32.2. The summed E-state index contributed by atoms with van der Waals surface area (Å²) in [5, 5.41) is 12.3. The lowest BCUT2D eigenvalue weighted by atomic mass is 9.95. The molecule has 1 amide bonds. The molecule has 1 aliphatic rings. The number of aliphatic carboxylic acids is 1. The van der Waals surface area contributed by atoms with E-state index in [1.165, 1.54) is 55.5 Å². The Hall–Kier alpha value is -4.29. The Bertz CT molecular complexity index is 1610. The summed E-state index contributed by atoms with van der Waals surface area (Å²) in [6.07, 6.45) is -0.769. The zero-order valence-electron chi connectivity index (χ0n) is 22.8. The summed E-state index contributed by atoms with van der Waals surface area (Å²) >= 11 is 0. The average Bonchev–Trinajstić information content (AvgIpc) is 2.88. The van der Waals surface area contributed by atoms with Crippen LogP contribution >= 0.6 is 0 Å². The molecule has 3 aromatic carbocycles. The number of esters is 1. The molecular weight excluding hydrogens is 555 g/mol. The van der Waals surface area contributed by atoms with Crippen molar-refractivity contribution in [2.45, 2.75) is 57.2 Å². The first-order valence-electron chi connectivity index (χ1n) is 12.6. The molecular formula is C29H29FN2O8S. The molecule has 0 bridgehead atoms. The van der Waals surface area contributed by atoms with Gasteiger partial charge in [-0.2, -0.15) is 4.31 Å². The van der Waals surface area contributed by atoms with E-state index in [1.54, 1.807) is 26.8 Å². The molecule has 0 saturated heterocycles. The number of rotatable bonds is 6. The molecule has 0 saturated carbocycles. The predicted molar refractivity (Wildman–Crippen MR) is 147 cm³/mol. The summed E-state index contributed by atoms with van der Waals surface area (Å²) in [6.45, 7) is 6.37. The minimum atomic E-state index is -4.37. The Morgan fingerprint density at radius 2 is 1.68 bits per heavy atom. The molecule has 12 heteroatoms. The van der Waals surface area contributed by atoms with Crippen molar-refractivity contribution in [3.63, 3.8) is 0 Å². The monoisotopic (exact) mass is 584 g/mol. The number of sulfonamides is 1. The fraction of sp³-hybridized carbons (Fsp3) is 0.276. The molecule has 0 spiro atoms. The number of amides is 1. The number of halogens is 1. The lowest BCUT2D eigenvalue weighted by Crippen LogP contribution is -2.48. The van der Waals surface area contributed by atoms with E-state index >= 15 is 0 Å². The van der Waals surface area contributed by atoms with E-state index in [2.05, 4.69) is 5.32 Å². The van der Waals surface area contributed by atoms with Gasteiger partial charge in [0.15, 0.2) is 0 Å². The fourth-order valence-corrected chi connectivity index (χ4v) is 5.78. The number of nitrogens with one attached hydrogen (secondary N) is 1. The molecule has 216 valence electrons. The zero-order valence-corrected chi connectivity index (χ0v) is 23.6. The Morgan fingerprint density at radius 3 is 2.29 bits per heavy atom. The van der Waals surface area contributed by atoms with Gasteiger partial charge in [-0.15, -0.1) is 0 Å². The van der Waals surface area contributed by atoms with E-state index in [-0.39, 0.29) is 34.7 Å². The Labute approximate surface area is 236 Å². The van der Waals surface area contributed by atoms with Crippen LogP contribution in [0.3, 0.4) is 0 Å². The Morgan fingerprint density at radius 1 is 1.00 bits per heavy atom. The number of benzene rings is 3. The summed E-state index contributed by atoms with van der Waals surface area (Å²) < 4.78 is 52.4. The third-order valence-corrected chi connectivity index (χ3v) is 8.13. The molecule has 1 aliphatic heterocycles. The molecule has 41 heavy (non-hydrogen) atoms. The number of hydrogen-bond donors (Lipinski definition) is 2. The van der Waals surface area contributed by atoms with Crippen molar-refractivity contribution < 1.29 is 41.8 Å². The van der Waals surface area contributed by atoms with Crippen LogP contribution in [-0.2, 0) is 32.5 Å². The van der Waals surface area contributed by atoms with E-state index in [0.29, 0.717) is 16.8 Å². The van der Waals surface area contributed by atoms with Gasteiger partial charge in [0.1, 0.15) is 23.2 Å². The highest BCUT2D eigenvalue weighted by molar-refractivity contribution is 7.89. The van der Waals surface area contributed by atoms with Crippen molar-refractivity contribution in [2.75, 3.05) is 5.32 Å². The van der Waals surface area contributed by atoms with Gasteiger partial charge >= 0.3 is 18.0 Å². The largest absolute Gasteiger partial charge is 0.480 e. The second kappa shape index (κ2) is 11.3. The van der Waals surface area contributed by atoms with Crippen LogP contribution in [0, 0.1) is 12.7 Å². The first kappa shape index (κ1) is 29.7. The van der Waals surface area contributed by atoms with E-state index in [0.717, 1.165) is 10.4 Å². The maximum atomic E-state index is 14.2. The number of anilines is 1. The number of ether oxygens (including phenoxy) is 2. The second-order valence-corrected chi connectivity index (χ2v) is 12.4. The standard InChI is InChI=1S/C29H29FN2O8S/c1-17-5-12-23(15-24(17)30)41(37,38)32-16-20-13-22(11-8-19(20)14-25(32)26(33)34)39-27(35)18-6-9-21(10-7-18)31-28(36)40-29(2,3)4/h5-13,15,25H,14,16H2,1-4H3,(H,31,36)(H,33,34). The fourth-order valence-electron chi connectivity index (χ4n) is 4.21. The highest BCUT2D eigenvalue weighted by Crippen LogP contribution is 2.32. The lowest BCUT2D eigenvalue weighted by molar-refractivity contribution is -0.141.